The monoisotopic (exact) mass is 487 g/mol. The number of hydrogen-bond donors (Lipinski definition) is 0. The van der Waals surface area contributed by atoms with Crippen LogP contribution in [-0.4, -0.2) is 52.0 Å². The van der Waals surface area contributed by atoms with Gasteiger partial charge in [-0.1, -0.05) is 0 Å². The molecular formula is C24H29N3O6S. The van der Waals surface area contributed by atoms with Crippen LogP contribution in [0.3, 0.4) is 0 Å². The van der Waals surface area contributed by atoms with Crippen LogP contribution in [0.1, 0.15) is 58.4 Å². The maximum Gasteiger partial charge on any atom is 0.338 e. The van der Waals surface area contributed by atoms with Crippen molar-refractivity contribution in [2.24, 2.45) is 0 Å². The molecular weight excluding hydrogens is 458 g/mol. The molecule has 0 bridgehead atoms. The zero-order chi connectivity index (χ0) is 24.8. The first kappa shape index (κ1) is 24.0. The van der Waals surface area contributed by atoms with E-state index in [0.717, 1.165) is 5.69 Å². The van der Waals surface area contributed by atoms with Crippen LogP contribution in [0.2, 0.25) is 0 Å². The van der Waals surface area contributed by atoms with Crippen molar-refractivity contribution in [3.63, 3.8) is 0 Å². The Bertz CT molecular complexity index is 1460. The van der Waals surface area contributed by atoms with Gasteiger partial charge in [-0.2, -0.15) is 0 Å². The Balaban J connectivity index is 1.73. The molecule has 4 rings (SSSR count). The van der Waals surface area contributed by atoms with Gasteiger partial charge in [0.25, 0.3) is 0 Å². The summed E-state index contributed by atoms with van der Waals surface area (Å²) in [5.74, 6) is -0.530. The Kier molecular flexibility index (Phi) is 6.28. The molecule has 0 N–H and O–H groups in total. The summed E-state index contributed by atoms with van der Waals surface area (Å²) in [5, 5.41) is 0. The number of rotatable bonds is 7. The second-order valence-electron chi connectivity index (χ2n) is 8.67. The zero-order valence-electron chi connectivity index (χ0n) is 19.8. The average Bonchev–Trinajstić information content (AvgIpc) is 3.38. The lowest BCUT2D eigenvalue weighted by atomic mass is 10.1. The van der Waals surface area contributed by atoms with Crippen molar-refractivity contribution in [1.29, 1.82) is 0 Å². The summed E-state index contributed by atoms with van der Waals surface area (Å²) in [6.45, 7) is 7.68. The van der Waals surface area contributed by atoms with E-state index in [1.165, 1.54) is 4.57 Å². The van der Waals surface area contributed by atoms with Crippen LogP contribution in [0, 0.1) is 13.8 Å². The number of aromatic nitrogens is 3. The second-order valence-corrected chi connectivity index (χ2v) is 10.9. The van der Waals surface area contributed by atoms with E-state index < -0.39 is 15.8 Å². The van der Waals surface area contributed by atoms with Crippen LogP contribution in [0.5, 0.6) is 0 Å². The molecule has 0 aliphatic carbocycles. The number of carbonyl (C=O) groups is 2. The normalized spacial score (nSPS) is 17.4. The van der Waals surface area contributed by atoms with E-state index in [0.29, 0.717) is 40.8 Å². The molecule has 2 aromatic heterocycles. The third-order valence-corrected chi connectivity index (χ3v) is 8.26. The molecule has 3 heterocycles. The Hall–Kier alpha value is -3.14. The molecule has 1 atom stereocenters. The molecule has 0 radical (unpaired) electrons. The summed E-state index contributed by atoms with van der Waals surface area (Å²) in [5.41, 5.74) is 3.08. The van der Waals surface area contributed by atoms with Crippen molar-refractivity contribution in [3.8, 4) is 0 Å². The number of fused-ring (bicyclic) bond motifs is 1. The van der Waals surface area contributed by atoms with Gasteiger partial charge >= 0.3 is 11.7 Å². The molecule has 1 saturated heterocycles. The minimum absolute atomic E-state index is 0.0665. The molecule has 1 aromatic carbocycles. The number of esters is 1. The topological polar surface area (TPSA) is 109 Å². The highest BCUT2D eigenvalue weighted by Crippen LogP contribution is 2.29. The molecule has 0 unspecified atom stereocenters. The van der Waals surface area contributed by atoms with E-state index in [-0.39, 0.29) is 42.2 Å². The third kappa shape index (κ3) is 4.11. The number of sulfone groups is 1. The standard InChI is InChI=1S/C24H29N3O6S/c1-5-25-20-8-7-17(23(29)33-6-2)12-21(20)26(24(25)30)13-22(28)19-11-15(3)27(16(19)4)18-9-10-34(31,32)14-18/h7-8,11-12,18H,5-6,9-10,13-14H2,1-4H3/t18-/m1/s1. The van der Waals surface area contributed by atoms with E-state index in [1.54, 1.807) is 35.8 Å². The first-order valence-electron chi connectivity index (χ1n) is 11.4. The summed E-state index contributed by atoms with van der Waals surface area (Å²) in [6.07, 6.45) is 0.520. The van der Waals surface area contributed by atoms with Gasteiger partial charge in [-0.25, -0.2) is 18.0 Å². The lowest BCUT2D eigenvalue weighted by Gasteiger charge is -2.16. The maximum atomic E-state index is 13.4. The first-order chi connectivity index (χ1) is 16.1. The number of carbonyl (C=O) groups excluding carboxylic acids is 2. The van der Waals surface area contributed by atoms with E-state index in [4.69, 9.17) is 4.74 Å². The molecule has 0 amide bonds. The van der Waals surface area contributed by atoms with Gasteiger partial charge < -0.3 is 9.30 Å². The fourth-order valence-electron chi connectivity index (χ4n) is 4.95. The summed E-state index contributed by atoms with van der Waals surface area (Å²) in [6, 6.07) is 6.46. The number of nitrogens with zero attached hydrogens (tertiary/aromatic N) is 3. The van der Waals surface area contributed by atoms with Crippen molar-refractivity contribution < 1.29 is 22.7 Å². The highest BCUT2D eigenvalue weighted by Gasteiger charge is 2.32. The smallest absolute Gasteiger partial charge is 0.338 e. The fraction of sp³-hybridized carbons (Fsp3) is 0.458. The van der Waals surface area contributed by atoms with Crippen LogP contribution in [0.15, 0.2) is 29.1 Å². The molecule has 1 aliphatic rings. The number of ketones is 1. The highest BCUT2D eigenvalue weighted by atomic mass is 32.2. The lowest BCUT2D eigenvalue weighted by molar-refractivity contribution is 0.0526. The summed E-state index contributed by atoms with van der Waals surface area (Å²) in [7, 11) is -3.07. The number of benzene rings is 1. The van der Waals surface area contributed by atoms with Gasteiger partial charge in [-0.15, -0.1) is 0 Å². The van der Waals surface area contributed by atoms with Crippen LogP contribution >= 0.6 is 0 Å². The number of imidazole rings is 1. The molecule has 10 heteroatoms. The van der Waals surface area contributed by atoms with E-state index >= 15 is 0 Å². The lowest BCUT2D eigenvalue weighted by Crippen LogP contribution is -2.27. The van der Waals surface area contributed by atoms with E-state index in [9.17, 15) is 22.8 Å². The van der Waals surface area contributed by atoms with Crippen molar-refractivity contribution in [2.45, 2.75) is 53.2 Å². The fourth-order valence-corrected chi connectivity index (χ4v) is 6.65. The Morgan fingerprint density at radius 2 is 1.82 bits per heavy atom. The van der Waals surface area contributed by atoms with Gasteiger partial charge in [0.15, 0.2) is 15.6 Å². The molecule has 3 aromatic rings. The SMILES string of the molecule is CCOC(=O)c1ccc2c(c1)n(CC(=O)c1cc(C)n([C@@H]3CCS(=O)(=O)C3)c1C)c(=O)n2CC. The number of aryl methyl sites for hydroxylation is 2. The van der Waals surface area contributed by atoms with Gasteiger partial charge in [-0.3, -0.25) is 13.9 Å². The van der Waals surface area contributed by atoms with Crippen LogP contribution < -0.4 is 5.69 Å². The van der Waals surface area contributed by atoms with E-state index in [1.807, 2.05) is 25.3 Å². The molecule has 1 aliphatic heterocycles. The predicted octanol–water partition coefficient (Wildman–Crippen LogP) is 2.66. The zero-order valence-corrected chi connectivity index (χ0v) is 20.6. The number of Topliss-reactive ketones (excluding diaryl/α,β-unsaturated/α-hetero) is 1. The number of ether oxygens (including phenoxy) is 1. The Morgan fingerprint density at radius 3 is 2.44 bits per heavy atom. The van der Waals surface area contributed by atoms with Gasteiger partial charge in [-0.05, 0) is 58.4 Å². The number of hydrogen-bond acceptors (Lipinski definition) is 6. The molecule has 9 nitrogen and oxygen atoms in total. The maximum absolute atomic E-state index is 13.4. The quantitative estimate of drug-likeness (QED) is 0.374. The predicted molar refractivity (Wildman–Crippen MR) is 128 cm³/mol. The minimum atomic E-state index is -3.07. The average molecular weight is 488 g/mol. The van der Waals surface area contributed by atoms with Gasteiger partial charge in [0.1, 0.15) is 0 Å². The Labute approximate surface area is 197 Å². The summed E-state index contributed by atoms with van der Waals surface area (Å²) >= 11 is 0. The second kappa shape index (κ2) is 8.90. The third-order valence-electron chi connectivity index (χ3n) is 6.51. The highest BCUT2D eigenvalue weighted by molar-refractivity contribution is 7.91. The summed E-state index contributed by atoms with van der Waals surface area (Å²) < 4.78 is 33.9. The molecule has 34 heavy (non-hydrogen) atoms. The van der Waals surface area contributed by atoms with Crippen LogP contribution in [0.25, 0.3) is 11.0 Å². The molecule has 0 spiro atoms. The van der Waals surface area contributed by atoms with Crippen molar-refractivity contribution in [2.75, 3.05) is 18.1 Å². The molecule has 1 fully saturated rings. The van der Waals surface area contributed by atoms with Gasteiger partial charge in [0, 0.05) is 29.5 Å². The van der Waals surface area contributed by atoms with Crippen molar-refractivity contribution >= 4 is 32.6 Å². The minimum Gasteiger partial charge on any atom is -0.462 e. The van der Waals surface area contributed by atoms with Crippen LogP contribution in [-0.2, 0) is 27.7 Å². The largest absolute Gasteiger partial charge is 0.462 e. The van der Waals surface area contributed by atoms with Gasteiger partial charge in [0.2, 0.25) is 0 Å². The molecule has 182 valence electrons. The Morgan fingerprint density at radius 1 is 1.09 bits per heavy atom. The molecule has 0 saturated carbocycles. The van der Waals surface area contributed by atoms with Crippen LogP contribution in [0.4, 0.5) is 0 Å². The van der Waals surface area contributed by atoms with Gasteiger partial charge in [0.05, 0.1) is 41.3 Å². The van der Waals surface area contributed by atoms with Crippen molar-refractivity contribution in [1.82, 2.24) is 13.7 Å². The summed E-state index contributed by atoms with van der Waals surface area (Å²) in [4.78, 5) is 38.7. The first-order valence-corrected chi connectivity index (χ1v) is 13.2. The van der Waals surface area contributed by atoms with Crippen molar-refractivity contribution in [3.05, 3.63) is 57.3 Å². The van der Waals surface area contributed by atoms with E-state index in [2.05, 4.69) is 0 Å².